The first-order valence-electron chi connectivity index (χ1n) is 6.13. The van der Waals surface area contributed by atoms with Crippen LogP contribution in [0.15, 0.2) is 29.2 Å². The minimum Gasteiger partial charge on any atom is -0.379 e. The number of nitrogens with one attached hydrogen (secondary N) is 2. The second-order valence-electron chi connectivity index (χ2n) is 5.27. The van der Waals surface area contributed by atoms with Gasteiger partial charge in [0.2, 0.25) is 10.0 Å². The molecule has 0 aliphatic carbocycles. The van der Waals surface area contributed by atoms with Crippen molar-refractivity contribution in [2.24, 2.45) is 0 Å². The molecule has 5 heteroatoms. The van der Waals surface area contributed by atoms with E-state index in [4.69, 9.17) is 0 Å². The Bertz CT molecular complexity index is 490. The van der Waals surface area contributed by atoms with Crippen LogP contribution in [0.3, 0.4) is 0 Å². The molecule has 0 aliphatic heterocycles. The van der Waals surface area contributed by atoms with Gasteiger partial charge in [-0.15, -0.1) is 0 Å². The standard InChI is InChI=1S/C13H22N2O2S/c1-5-10-14-18(16,17)12-9-7-6-8-11(12)15-13(2,3)4/h6-9,14-15H,5,10H2,1-4H3. The maximum Gasteiger partial charge on any atom is 0.242 e. The van der Waals surface area contributed by atoms with Gasteiger partial charge in [-0.3, -0.25) is 0 Å². The molecule has 0 aliphatic rings. The van der Waals surface area contributed by atoms with Gasteiger partial charge in [-0.2, -0.15) is 0 Å². The molecule has 0 heterocycles. The molecular formula is C13H22N2O2S. The molecule has 1 aromatic carbocycles. The molecule has 1 aromatic rings. The highest BCUT2D eigenvalue weighted by atomic mass is 32.2. The molecule has 102 valence electrons. The first kappa shape index (κ1) is 15.0. The molecular weight excluding hydrogens is 248 g/mol. The molecule has 0 amide bonds. The van der Waals surface area contributed by atoms with Crippen molar-refractivity contribution in [2.75, 3.05) is 11.9 Å². The lowest BCUT2D eigenvalue weighted by molar-refractivity contribution is 0.580. The van der Waals surface area contributed by atoms with Crippen LogP contribution in [0.5, 0.6) is 0 Å². The fourth-order valence-corrected chi connectivity index (χ4v) is 2.82. The van der Waals surface area contributed by atoms with Crippen molar-refractivity contribution in [1.82, 2.24) is 4.72 Å². The number of hydrogen-bond acceptors (Lipinski definition) is 3. The Morgan fingerprint density at radius 2 is 1.78 bits per heavy atom. The first-order chi connectivity index (χ1) is 8.26. The van der Waals surface area contributed by atoms with E-state index in [0.717, 1.165) is 6.42 Å². The van der Waals surface area contributed by atoms with Gasteiger partial charge in [0.15, 0.2) is 0 Å². The Morgan fingerprint density at radius 3 is 2.33 bits per heavy atom. The molecule has 18 heavy (non-hydrogen) atoms. The molecule has 0 radical (unpaired) electrons. The van der Waals surface area contributed by atoms with Crippen molar-refractivity contribution < 1.29 is 8.42 Å². The zero-order chi connectivity index (χ0) is 13.8. The van der Waals surface area contributed by atoms with E-state index in [1.165, 1.54) is 0 Å². The molecule has 0 aromatic heterocycles. The second-order valence-corrected chi connectivity index (χ2v) is 7.00. The molecule has 0 fully saturated rings. The van der Waals surface area contributed by atoms with E-state index < -0.39 is 10.0 Å². The van der Waals surface area contributed by atoms with E-state index in [2.05, 4.69) is 10.0 Å². The fraction of sp³-hybridized carbons (Fsp3) is 0.538. The Balaban J connectivity index is 3.09. The topological polar surface area (TPSA) is 58.2 Å². The summed E-state index contributed by atoms with van der Waals surface area (Å²) in [4.78, 5) is 0.299. The van der Waals surface area contributed by atoms with Crippen LogP contribution in [0.2, 0.25) is 0 Å². The van der Waals surface area contributed by atoms with Crippen LogP contribution in [0, 0.1) is 0 Å². The van der Waals surface area contributed by atoms with Crippen LogP contribution >= 0.6 is 0 Å². The summed E-state index contributed by atoms with van der Waals surface area (Å²) >= 11 is 0. The zero-order valence-corrected chi connectivity index (χ0v) is 12.3. The summed E-state index contributed by atoms with van der Waals surface area (Å²) < 4.78 is 26.9. The molecule has 0 bridgehead atoms. The van der Waals surface area contributed by atoms with Crippen molar-refractivity contribution >= 4 is 15.7 Å². The summed E-state index contributed by atoms with van der Waals surface area (Å²) in [6, 6.07) is 6.96. The van der Waals surface area contributed by atoms with Gasteiger partial charge in [0, 0.05) is 12.1 Å². The summed E-state index contributed by atoms with van der Waals surface area (Å²) in [6.45, 7) is 8.37. The Hall–Kier alpha value is -1.07. The molecule has 0 saturated carbocycles. The highest BCUT2D eigenvalue weighted by Crippen LogP contribution is 2.23. The number of hydrogen-bond donors (Lipinski definition) is 2. The van der Waals surface area contributed by atoms with E-state index in [0.29, 0.717) is 17.1 Å². The number of rotatable bonds is 5. The maximum absolute atomic E-state index is 12.1. The maximum atomic E-state index is 12.1. The predicted molar refractivity (Wildman–Crippen MR) is 75.3 cm³/mol. The van der Waals surface area contributed by atoms with E-state index in [9.17, 15) is 8.42 Å². The summed E-state index contributed by atoms with van der Waals surface area (Å²) in [5.74, 6) is 0. The zero-order valence-electron chi connectivity index (χ0n) is 11.4. The first-order valence-corrected chi connectivity index (χ1v) is 7.61. The summed E-state index contributed by atoms with van der Waals surface area (Å²) in [5, 5.41) is 3.21. The monoisotopic (exact) mass is 270 g/mol. The van der Waals surface area contributed by atoms with E-state index in [1.807, 2.05) is 33.8 Å². The molecule has 0 unspecified atom stereocenters. The summed E-state index contributed by atoms with van der Waals surface area (Å²) in [7, 11) is -3.44. The van der Waals surface area contributed by atoms with Crippen LogP contribution in [-0.2, 0) is 10.0 Å². The van der Waals surface area contributed by atoms with E-state index in [1.54, 1.807) is 18.2 Å². The van der Waals surface area contributed by atoms with Crippen molar-refractivity contribution in [3.8, 4) is 0 Å². The Morgan fingerprint density at radius 1 is 1.17 bits per heavy atom. The van der Waals surface area contributed by atoms with Crippen molar-refractivity contribution in [2.45, 2.75) is 44.6 Å². The average molecular weight is 270 g/mol. The lowest BCUT2D eigenvalue weighted by Crippen LogP contribution is -2.29. The van der Waals surface area contributed by atoms with Gasteiger partial charge in [-0.25, -0.2) is 13.1 Å². The van der Waals surface area contributed by atoms with Crippen LogP contribution in [0.1, 0.15) is 34.1 Å². The number of benzene rings is 1. The summed E-state index contributed by atoms with van der Waals surface area (Å²) in [5.41, 5.74) is 0.449. The van der Waals surface area contributed by atoms with Crippen molar-refractivity contribution in [3.05, 3.63) is 24.3 Å². The highest BCUT2D eigenvalue weighted by Gasteiger charge is 2.20. The van der Waals surface area contributed by atoms with E-state index in [-0.39, 0.29) is 5.54 Å². The minimum absolute atomic E-state index is 0.184. The largest absolute Gasteiger partial charge is 0.379 e. The molecule has 1 rings (SSSR count). The fourth-order valence-electron chi connectivity index (χ4n) is 1.52. The third kappa shape index (κ3) is 4.31. The van der Waals surface area contributed by atoms with Crippen LogP contribution in [-0.4, -0.2) is 20.5 Å². The average Bonchev–Trinajstić information content (AvgIpc) is 2.25. The number of sulfonamides is 1. The molecule has 2 N–H and O–H groups in total. The summed E-state index contributed by atoms with van der Waals surface area (Å²) in [6.07, 6.45) is 0.772. The molecule has 0 spiro atoms. The van der Waals surface area contributed by atoms with Crippen molar-refractivity contribution in [1.29, 1.82) is 0 Å². The molecule has 0 saturated heterocycles. The third-order valence-corrected chi connectivity index (χ3v) is 3.75. The van der Waals surface area contributed by atoms with Gasteiger partial charge in [-0.1, -0.05) is 19.1 Å². The number of anilines is 1. The quantitative estimate of drug-likeness (QED) is 0.864. The van der Waals surface area contributed by atoms with Gasteiger partial charge < -0.3 is 5.32 Å². The van der Waals surface area contributed by atoms with E-state index >= 15 is 0 Å². The minimum atomic E-state index is -3.44. The van der Waals surface area contributed by atoms with Crippen molar-refractivity contribution in [3.63, 3.8) is 0 Å². The Labute approximate surface area is 110 Å². The molecule has 0 atom stereocenters. The van der Waals surface area contributed by atoms with Crippen LogP contribution < -0.4 is 10.0 Å². The third-order valence-electron chi connectivity index (χ3n) is 2.23. The lowest BCUT2D eigenvalue weighted by Gasteiger charge is -2.24. The van der Waals surface area contributed by atoms with Gasteiger partial charge in [0.05, 0.1) is 5.69 Å². The van der Waals surface area contributed by atoms with Crippen LogP contribution in [0.4, 0.5) is 5.69 Å². The molecule has 4 nitrogen and oxygen atoms in total. The smallest absolute Gasteiger partial charge is 0.242 e. The van der Waals surface area contributed by atoms with Gasteiger partial charge >= 0.3 is 0 Å². The number of para-hydroxylation sites is 1. The highest BCUT2D eigenvalue weighted by molar-refractivity contribution is 7.89. The lowest BCUT2D eigenvalue weighted by atomic mass is 10.1. The SMILES string of the molecule is CCCNS(=O)(=O)c1ccccc1NC(C)(C)C. The second kappa shape index (κ2) is 5.71. The normalized spacial score (nSPS) is 12.4. The predicted octanol–water partition coefficient (Wildman–Crippen LogP) is 2.59. The van der Waals surface area contributed by atoms with Gasteiger partial charge in [-0.05, 0) is 39.3 Å². The van der Waals surface area contributed by atoms with Crippen LogP contribution in [0.25, 0.3) is 0 Å². The van der Waals surface area contributed by atoms with Gasteiger partial charge in [0.25, 0.3) is 0 Å². The Kier molecular flexibility index (Phi) is 4.76. The van der Waals surface area contributed by atoms with Gasteiger partial charge in [0.1, 0.15) is 4.90 Å².